The molecule has 0 saturated carbocycles. The molecule has 1 aromatic heterocycles. The summed E-state index contributed by atoms with van der Waals surface area (Å²) in [6.07, 6.45) is 0.576. The lowest BCUT2D eigenvalue weighted by Crippen LogP contribution is -2.20. The Bertz CT molecular complexity index is 1000. The van der Waals surface area contributed by atoms with Gasteiger partial charge in [0.05, 0.1) is 14.2 Å². The van der Waals surface area contributed by atoms with E-state index < -0.39 is 0 Å². The molecular weight excluding hydrogens is 390 g/mol. The highest BCUT2D eigenvalue weighted by Gasteiger charge is 2.11. The van der Waals surface area contributed by atoms with Crippen LogP contribution in [-0.2, 0) is 11.2 Å². The van der Waals surface area contributed by atoms with Crippen molar-refractivity contribution in [3.05, 3.63) is 58.1 Å². The van der Waals surface area contributed by atoms with Crippen LogP contribution in [0, 0.1) is 13.8 Å². The summed E-state index contributed by atoms with van der Waals surface area (Å²) in [5.41, 5.74) is 3.30. The molecule has 7 nitrogen and oxygen atoms in total. The second-order valence-electron chi connectivity index (χ2n) is 6.45. The van der Waals surface area contributed by atoms with E-state index in [1.165, 1.54) is 16.9 Å². The van der Waals surface area contributed by atoms with Gasteiger partial charge in [-0.25, -0.2) is 0 Å². The fraction of sp³-hybridized carbons (Fsp3) is 0.286. The number of rotatable bonds is 8. The monoisotopic (exact) mass is 413 g/mol. The van der Waals surface area contributed by atoms with Gasteiger partial charge in [-0.3, -0.25) is 10.1 Å². The van der Waals surface area contributed by atoms with Crippen LogP contribution in [0.5, 0.6) is 17.2 Å². The van der Waals surface area contributed by atoms with Crippen molar-refractivity contribution in [2.75, 3.05) is 26.1 Å². The van der Waals surface area contributed by atoms with Gasteiger partial charge in [0.25, 0.3) is 5.91 Å². The van der Waals surface area contributed by atoms with Crippen molar-refractivity contribution in [2.24, 2.45) is 0 Å². The number of hydrogen-bond donors (Lipinski definition) is 1. The number of nitrogens with one attached hydrogen (secondary N) is 1. The fourth-order valence-corrected chi connectivity index (χ4v) is 3.44. The normalized spacial score (nSPS) is 10.5. The number of carbonyl (C=O) groups is 1. The second-order valence-corrected chi connectivity index (χ2v) is 7.51. The van der Waals surface area contributed by atoms with Crippen molar-refractivity contribution in [3.63, 3.8) is 0 Å². The first-order chi connectivity index (χ1) is 14.0. The van der Waals surface area contributed by atoms with Crippen LogP contribution in [-0.4, -0.2) is 36.9 Å². The van der Waals surface area contributed by atoms with Gasteiger partial charge in [-0.05, 0) is 54.8 Å². The molecule has 0 fully saturated rings. The maximum atomic E-state index is 12.1. The summed E-state index contributed by atoms with van der Waals surface area (Å²) in [5, 5.41) is 12.1. The number of anilines is 1. The molecule has 0 spiro atoms. The number of ether oxygens (including phenoxy) is 3. The van der Waals surface area contributed by atoms with Gasteiger partial charge < -0.3 is 14.2 Å². The van der Waals surface area contributed by atoms with Crippen LogP contribution >= 0.6 is 11.3 Å². The molecule has 1 heterocycles. The van der Waals surface area contributed by atoms with Crippen molar-refractivity contribution in [1.82, 2.24) is 10.2 Å². The lowest BCUT2D eigenvalue weighted by molar-refractivity contribution is -0.118. The molecule has 29 heavy (non-hydrogen) atoms. The predicted octanol–water partition coefficient (Wildman–Crippen LogP) is 3.78. The molecule has 152 valence electrons. The minimum Gasteiger partial charge on any atom is -0.493 e. The average Bonchev–Trinajstić information content (AvgIpc) is 3.15. The van der Waals surface area contributed by atoms with E-state index in [9.17, 15) is 4.79 Å². The van der Waals surface area contributed by atoms with Crippen molar-refractivity contribution in [1.29, 1.82) is 0 Å². The summed E-state index contributed by atoms with van der Waals surface area (Å²) in [7, 11) is 3.20. The Labute approximate surface area is 173 Å². The zero-order valence-corrected chi connectivity index (χ0v) is 17.6. The van der Waals surface area contributed by atoms with E-state index in [1.54, 1.807) is 14.2 Å². The maximum Gasteiger partial charge on any atom is 0.264 e. The predicted molar refractivity (Wildman–Crippen MR) is 112 cm³/mol. The molecule has 1 amide bonds. The highest BCUT2D eigenvalue weighted by Crippen LogP contribution is 2.29. The molecule has 8 heteroatoms. The van der Waals surface area contributed by atoms with E-state index in [2.05, 4.69) is 15.5 Å². The van der Waals surface area contributed by atoms with Gasteiger partial charge in [-0.1, -0.05) is 23.5 Å². The van der Waals surface area contributed by atoms with Crippen molar-refractivity contribution < 1.29 is 19.0 Å². The van der Waals surface area contributed by atoms with Crippen LogP contribution in [0.4, 0.5) is 5.13 Å². The Morgan fingerprint density at radius 1 is 1.00 bits per heavy atom. The number of carbonyl (C=O) groups excluding carboxylic acids is 1. The Hall–Kier alpha value is -3.13. The molecule has 2 aromatic carbocycles. The standard InChI is InChI=1S/C21H23N3O4S/c1-13-5-7-16(9-14(13)2)28-12-19(25)22-21-24-23-20(29-21)11-15-6-8-17(26-3)18(10-15)27-4/h5-10H,11-12H2,1-4H3,(H,22,24,25). The van der Waals surface area contributed by atoms with Crippen LogP contribution in [0.2, 0.25) is 0 Å². The molecule has 1 N–H and O–H groups in total. The van der Waals surface area contributed by atoms with Gasteiger partial charge in [-0.2, -0.15) is 0 Å². The summed E-state index contributed by atoms with van der Waals surface area (Å²) >= 11 is 1.32. The van der Waals surface area contributed by atoms with E-state index in [0.29, 0.717) is 28.8 Å². The largest absolute Gasteiger partial charge is 0.493 e. The molecule has 0 radical (unpaired) electrons. The molecule has 0 saturated heterocycles. The zero-order chi connectivity index (χ0) is 20.8. The molecular formula is C21H23N3O4S. The third-order valence-corrected chi connectivity index (χ3v) is 5.20. The van der Waals surface area contributed by atoms with Gasteiger partial charge in [-0.15, -0.1) is 10.2 Å². The number of amides is 1. The Morgan fingerprint density at radius 3 is 2.52 bits per heavy atom. The Morgan fingerprint density at radius 2 is 1.79 bits per heavy atom. The summed E-state index contributed by atoms with van der Waals surface area (Å²) in [6, 6.07) is 11.4. The number of hydrogen-bond acceptors (Lipinski definition) is 7. The quantitative estimate of drug-likeness (QED) is 0.605. The summed E-state index contributed by atoms with van der Waals surface area (Å²) < 4.78 is 16.1. The fourth-order valence-electron chi connectivity index (χ4n) is 2.65. The van der Waals surface area contributed by atoms with Gasteiger partial charge >= 0.3 is 0 Å². The number of aromatic nitrogens is 2. The van der Waals surface area contributed by atoms with E-state index in [1.807, 2.05) is 50.2 Å². The first-order valence-electron chi connectivity index (χ1n) is 9.01. The maximum absolute atomic E-state index is 12.1. The third kappa shape index (κ3) is 5.45. The minimum absolute atomic E-state index is 0.0902. The molecule has 3 rings (SSSR count). The molecule has 0 atom stereocenters. The zero-order valence-electron chi connectivity index (χ0n) is 16.8. The first kappa shape index (κ1) is 20.6. The Kier molecular flexibility index (Phi) is 6.66. The van der Waals surface area contributed by atoms with Crippen LogP contribution < -0.4 is 19.5 Å². The smallest absolute Gasteiger partial charge is 0.264 e. The number of nitrogens with zero attached hydrogens (tertiary/aromatic N) is 2. The summed E-state index contributed by atoms with van der Waals surface area (Å²) in [5.74, 6) is 1.71. The first-order valence-corrected chi connectivity index (χ1v) is 9.83. The van der Waals surface area contributed by atoms with Crippen LogP contribution in [0.1, 0.15) is 21.7 Å². The second kappa shape index (κ2) is 9.38. The average molecular weight is 413 g/mol. The number of benzene rings is 2. The minimum atomic E-state index is -0.281. The highest BCUT2D eigenvalue weighted by molar-refractivity contribution is 7.15. The third-order valence-electron chi connectivity index (χ3n) is 4.36. The molecule has 0 unspecified atom stereocenters. The summed E-state index contributed by atoms with van der Waals surface area (Å²) in [4.78, 5) is 12.1. The summed E-state index contributed by atoms with van der Waals surface area (Å²) in [6.45, 7) is 3.94. The van der Waals surface area contributed by atoms with Crippen molar-refractivity contribution >= 4 is 22.4 Å². The Balaban J connectivity index is 1.55. The molecule has 3 aromatic rings. The lowest BCUT2D eigenvalue weighted by atomic mass is 10.1. The number of aryl methyl sites for hydroxylation is 2. The topological polar surface area (TPSA) is 82.6 Å². The van der Waals surface area contributed by atoms with E-state index in [-0.39, 0.29) is 12.5 Å². The molecule has 0 aliphatic rings. The van der Waals surface area contributed by atoms with Crippen LogP contribution in [0.15, 0.2) is 36.4 Å². The SMILES string of the molecule is COc1ccc(Cc2nnc(NC(=O)COc3ccc(C)c(C)c3)s2)cc1OC. The van der Waals surface area contributed by atoms with Gasteiger partial charge in [0.2, 0.25) is 5.13 Å². The van der Waals surface area contributed by atoms with Gasteiger partial charge in [0.1, 0.15) is 10.8 Å². The van der Waals surface area contributed by atoms with E-state index in [0.717, 1.165) is 16.1 Å². The van der Waals surface area contributed by atoms with Crippen molar-refractivity contribution in [3.8, 4) is 17.2 Å². The molecule has 0 aliphatic carbocycles. The van der Waals surface area contributed by atoms with Crippen LogP contribution in [0.25, 0.3) is 0 Å². The molecule has 0 bridgehead atoms. The highest BCUT2D eigenvalue weighted by atomic mass is 32.1. The van der Waals surface area contributed by atoms with E-state index in [4.69, 9.17) is 14.2 Å². The van der Waals surface area contributed by atoms with Gasteiger partial charge in [0, 0.05) is 6.42 Å². The molecule has 0 aliphatic heterocycles. The van der Waals surface area contributed by atoms with Gasteiger partial charge in [0.15, 0.2) is 18.1 Å². The lowest BCUT2D eigenvalue weighted by Gasteiger charge is -2.08. The van der Waals surface area contributed by atoms with Crippen LogP contribution in [0.3, 0.4) is 0 Å². The van der Waals surface area contributed by atoms with E-state index >= 15 is 0 Å². The number of methoxy groups -OCH3 is 2. The van der Waals surface area contributed by atoms with Crippen molar-refractivity contribution in [2.45, 2.75) is 20.3 Å².